The summed E-state index contributed by atoms with van der Waals surface area (Å²) in [6.07, 6.45) is 3.68. The number of hydrogen-bond donors (Lipinski definition) is 1. The molecule has 0 spiro atoms. The molecule has 7 nitrogen and oxygen atoms in total. The molecule has 0 aromatic carbocycles. The SMILES string of the molecule is CCOC(=O)CCCNC(=NC)N1CCOC(C2CCCO2)C1.I. The van der Waals surface area contributed by atoms with Gasteiger partial charge in [-0.1, -0.05) is 0 Å². The minimum Gasteiger partial charge on any atom is -0.466 e. The lowest BCUT2D eigenvalue weighted by Crippen LogP contribution is -2.53. The minimum atomic E-state index is -0.144. The van der Waals surface area contributed by atoms with Gasteiger partial charge < -0.3 is 24.4 Å². The van der Waals surface area contributed by atoms with Gasteiger partial charge in [-0.3, -0.25) is 9.79 Å². The Bertz CT molecular complexity index is 403. The van der Waals surface area contributed by atoms with Gasteiger partial charge in [0.25, 0.3) is 0 Å². The van der Waals surface area contributed by atoms with Crippen LogP contribution in [-0.4, -0.2) is 75.5 Å². The van der Waals surface area contributed by atoms with Gasteiger partial charge in [0, 0.05) is 39.7 Å². The Labute approximate surface area is 161 Å². The maximum atomic E-state index is 11.3. The zero-order valence-corrected chi connectivity index (χ0v) is 17.0. The van der Waals surface area contributed by atoms with E-state index >= 15 is 0 Å². The number of nitrogens with zero attached hydrogens (tertiary/aromatic N) is 2. The van der Waals surface area contributed by atoms with Crippen LogP contribution in [0.3, 0.4) is 0 Å². The number of hydrogen-bond acceptors (Lipinski definition) is 5. The second-order valence-electron chi connectivity index (χ2n) is 5.79. The smallest absolute Gasteiger partial charge is 0.305 e. The molecule has 2 unspecified atom stereocenters. The number of carbonyl (C=O) groups excluding carboxylic acids is 1. The van der Waals surface area contributed by atoms with E-state index in [1.54, 1.807) is 7.05 Å². The van der Waals surface area contributed by atoms with Crippen molar-refractivity contribution in [2.45, 2.75) is 44.8 Å². The fourth-order valence-electron chi connectivity index (χ4n) is 2.99. The van der Waals surface area contributed by atoms with Crippen LogP contribution in [0.15, 0.2) is 4.99 Å². The van der Waals surface area contributed by atoms with Gasteiger partial charge in [-0.2, -0.15) is 0 Å². The minimum absolute atomic E-state index is 0. The Morgan fingerprint density at radius 3 is 2.79 bits per heavy atom. The first-order chi connectivity index (χ1) is 11.2. The molecule has 2 heterocycles. The van der Waals surface area contributed by atoms with Gasteiger partial charge in [-0.05, 0) is 26.2 Å². The molecule has 0 aromatic rings. The molecule has 140 valence electrons. The third kappa shape index (κ3) is 6.72. The van der Waals surface area contributed by atoms with E-state index in [9.17, 15) is 4.79 Å². The highest BCUT2D eigenvalue weighted by Gasteiger charge is 2.32. The summed E-state index contributed by atoms with van der Waals surface area (Å²) in [5.74, 6) is 0.717. The molecule has 8 heteroatoms. The number of aliphatic imine (C=N–C) groups is 1. The molecular formula is C16H30IN3O4. The van der Waals surface area contributed by atoms with E-state index in [4.69, 9.17) is 14.2 Å². The Kier molecular flexibility index (Phi) is 10.6. The largest absolute Gasteiger partial charge is 0.466 e. The number of nitrogens with one attached hydrogen (secondary N) is 1. The predicted octanol–water partition coefficient (Wildman–Crippen LogP) is 1.40. The molecule has 0 bridgehead atoms. The highest BCUT2D eigenvalue weighted by atomic mass is 127. The molecule has 0 amide bonds. The summed E-state index contributed by atoms with van der Waals surface area (Å²) in [5.41, 5.74) is 0. The van der Waals surface area contributed by atoms with Gasteiger partial charge in [-0.15, -0.1) is 24.0 Å². The first-order valence-corrected chi connectivity index (χ1v) is 8.59. The number of halogens is 1. The van der Waals surface area contributed by atoms with Crippen molar-refractivity contribution < 1.29 is 19.0 Å². The van der Waals surface area contributed by atoms with Crippen LogP contribution in [0.5, 0.6) is 0 Å². The maximum Gasteiger partial charge on any atom is 0.305 e. The van der Waals surface area contributed by atoms with Gasteiger partial charge in [-0.25, -0.2) is 0 Å². The van der Waals surface area contributed by atoms with Crippen molar-refractivity contribution in [2.75, 3.05) is 46.5 Å². The molecule has 0 radical (unpaired) electrons. The normalized spacial score (nSPS) is 24.4. The average molecular weight is 455 g/mol. The number of rotatable bonds is 6. The van der Waals surface area contributed by atoms with Crippen LogP contribution >= 0.6 is 24.0 Å². The van der Waals surface area contributed by atoms with E-state index < -0.39 is 0 Å². The van der Waals surface area contributed by atoms with Gasteiger partial charge in [0.15, 0.2) is 5.96 Å². The van der Waals surface area contributed by atoms with Crippen LogP contribution in [0.1, 0.15) is 32.6 Å². The zero-order valence-electron chi connectivity index (χ0n) is 14.7. The van der Waals surface area contributed by atoms with E-state index in [1.165, 1.54) is 0 Å². The standard InChI is InChI=1S/C16H29N3O4.HI/c1-3-21-15(20)7-4-8-18-16(17-2)19-9-11-23-14(12-19)13-6-5-10-22-13;/h13-14H,3-12H2,1-2H3,(H,17,18);1H. The second kappa shape index (κ2) is 11.9. The van der Waals surface area contributed by atoms with E-state index in [-0.39, 0.29) is 42.2 Å². The summed E-state index contributed by atoms with van der Waals surface area (Å²) in [6, 6.07) is 0. The Morgan fingerprint density at radius 1 is 1.33 bits per heavy atom. The number of carbonyl (C=O) groups is 1. The van der Waals surface area contributed by atoms with Crippen molar-refractivity contribution in [3.8, 4) is 0 Å². The average Bonchev–Trinajstić information content (AvgIpc) is 3.10. The number of ether oxygens (including phenoxy) is 3. The van der Waals surface area contributed by atoms with Crippen molar-refractivity contribution >= 4 is 35.9 Å². The molecule has 0 saturated carbocycles. The molecule has 2 saturated heterocycles. The van der Waals surface area contributed by atoms with Crippen molar-refractivity contribution in [3.63, 3.8) is 0 Å². The van der Waals surface area contributed by atoms with E-state index in [1.807, 2.05) is 6.92 Å². The van der Waals surface area contributed by atoms with Gasteiger partial charge in [0.05, 0.1) is 19.3 Å². The van der Waals surface area contributed by atoms with Crippen molar-refractivity contribution in [1.82, 2.24) is 10.2 Å². The molecule has 0 aliphatic carbocycles. The fourth-order valence-corrected chi connectivity index (χ4v) is 2.99. The monoisotopic (exact) mass is 455 g/mol. The third-order valence-electron chi connectivity index (χ3n) is 4.13. The summed E-state index contributed by atoms with van der Waals surface area (Å²) in [4.78, 5) is 17.9. The molecule has 2 aliphatic rings. The third-order valence-corrected chi connectivity index (χ3v) is 4.13. The zero-order chi connectivity index (χ0) is 16.5. The van der Waals surface area contributed by atoms with Crippen molar-refractivity contribution in [2.24, 2.45) is 4.99 Å². The summed E-state index contributed by atoms with van der Waals surface area (Å²) in [7, 11) is 1.78. The van der Waals surface area contributed by atoms with Gasteiger partial charge in [0.1, 0.15) is 6.10 Å². The summed E-state index contributed by atoms with van der Waals surface area (Å²) in [5, 5.41) is 3.32. The van der Waals surface area contributed by atoms with Crippen LogP contribution < -0.4 is 5.32 Å². The number of esters is 1. The Balaban J connectivity index is 0.00000288. The maximum absolute atomic E-state index is 11.3. The lowest BCUT2D eigenvalue weighted by atomic mass is 10.1. The van der Waals surface area contributed by atoms with Crippen LogP contribution in [0.2, 0.25) is 0 Å². The van der Waals surface area contributed by atoms with Crippen LogP contribution in [-0.2, 0) is 19.0 Å². The number of guanidine groups is 1. The van der Waals surface area contributed by atoms with Crippen LogP contribution in [0.4, 0.5) is 0 Å². The highest BCUT2D eigenvalue weighted by Crippen LogP contribution is 2.20. The predicted molar refractivity (Wildman–Crippen MR) is 103 cm³/mol. The van der Waals surface area contributed by atoms with Crippen LogP contribution in [0, 0.1) is 0 Å². The van der Waals surface area contributed by atoms with Gasteiger partial charge in [0.2, 0.25) is 0 Å². The first-order valence-electron chi connectivity index (χ1n) is 8.59. The topological polar surface area (TPSA) is 72.4 Å². The summed E-state index contributed by atoms with van der Waals surface area (Å²) >= 11 is 0. The molecule has 0 aromatic heterocycles. The fraction of sp³-hybridized carbons (Fsp3) is 0.875. The second-order valence-corrected chi connectivity index (χ2v) is 5.79. The Morgan fingerprint density at radius 2 is 2.12 bits per heavy atom. The molecule has 2 aliphatic heterocycles. The highest BCUT2D eigenvalue weighted by molar-refractivity contribution is 14.0. The summed E-state index contributed by atoms with van der Waals surface area (Å²) in [6.45, 7) is 6.10. The van der Waals surface area contributed by atoms with Crippen molar-refractivity contribution in [3.05, 3.63) is 0 Å². The molecule has 2 rings (SSSR count). The molecule has 1 N–H and O–H groups in total. The van der Waals surface area contributed by atoms with Crippen molar-refractivity contribution in [1.29, 1.82) is 0 Å². The Hall–Kier alpha value is -0.610. The van der Waals surface area contributed by atoms with E-state index in [0.717, 1.165) is 44.9 Å². The lowest BCUT2D eigenvalue weighted by Gasteiger charge is -2.37. The van der Waals surface area contributed by atoms with Crippen LogP contribution in [0.25, 0.3) is 0 Å². The van der Waals surface area contributed by atoms with E-state index in [0.29, 0.717) is 26.2 Å². The lowest BCUT2D eigenvalue weighted by molar-refractivity contribution is -0.143. The molecule has 2 fully saturated rings. The molecule has 24 heavy (non-hydrogen) atoms. The quantitative estimate of drug-likeness (QED) is 0.215. The number of morpholine rings is 1. The molecular weight excluding hydrogens is 425 g/mol. The van der Waals surface area contributed by atoms with Gasteiger partial charge >= 0.3 is 5.97 Å². The first kappa shape index (κ1) is 21.4. The molecule has 2 atom stereocenters. The summed E-state index contributed by atoms with van der Waals surface area (Å²) < 4.78 is 16.5. The van der Waals surface area contributed by atoms with E-state index in [2.05, 4.69) is 15.2 Å².